The minimum absolute atomic E-state index is 0.0760. The number of alkyl halides is 1. The Labute approximate surface area is 166 Å². The number of hydrogen-bond acceptors (Lipinski definition) is 7. The number of aromatic nitrogens is 3. The van der Waals surface area contributed by atoms with Gasteiger partial charge in [0.05, 0.1) is 26.3 Å². The van der Waals surface area contributed by atoms with E-state index in [9.17, 15) is 4.79 Å². The molecule has 3 aromatic rings. The number of likely N-dealkylation sites (tertiary alicyclic amines) is 1. The third-order valence-electron chi connectivity index (χ3n) is 4.86. The predicted molar refractivity (Wildman–Crippen MR) is 100 cm³/mol. The molecular weight excluding hydrogens is 379 g/mol. The molecule has 1 unspecified atom stereocenters. The van der Waals surface area contributed by atoms with Crippen LogP contribution in [0.1, 0.15) is 22.7 Å². The van der Waals surface area contributed by atoms with Crippen LogP contribution in [0.3, 0.4) is 0 Å². The first-order valence-corrected chi connectivity index (χ1v) is 8.99. The summed E-state index contributed by atoms with van der Waals surface area (Å²) in [6.45, 7) is 0.0731. The predicted octanol–water partition coefficient (Wildman–Crippen LogP) is 2.86. The molecule has 3 heterocycles. The number of benzene rings is 1. The Morgan fingerprint density at radius 1 is 1.17 bits per heavy atom. The van der Waals surface area contributed by atoms with Crippen LogP contribution in [0.2, 0.25) is 0 Å². The molecule has 150 valence electrons. The summed E-state index contributed by atoms with van der Waals surface area (Å²) in [6.07, 6.45) is 1.49. The van der Waals surface area contributed by atoms with Gasteiger partial charge in [-0.05, 0) is 30.3 Å². The molecule has 1 aromatic carbocycles. The van der Waals surface area contributed by atoms with E-state index >= 15 is 4.39 Å². The van der Waals surface area contributed by atoms with Crippen molar-refractivity contribution in [2.45, 2.75) is 12.1 Å². The zero-order valence-corrected chi connectivity index (χ0v) is 16.0. The normalized spacial score (nSPS) is 18.7. The van der Waals surface area contributed by atoms with Gasteiger partial charge in [0.2, 0.25) is 17.4 Å². The highest BCUT2D eigenvalue weighted by Crippen LogP contribution is 2.36. The Kier molecular flexibility index (Phi) is 4.87. The van der Waals surface area contributed by atoms with E-state index in [0.717, 1.165) is 0 Å². The smallest absolute Gasteiger partial charge is 0.266 e. The first kappa shape index (κ1) is 18.9. The average Bonchev–Trinajstić information content (AvgIpc) is 3.42. The molecular formula is C20H19FN4O4. The van der Waals surface area contributed by atoms with Crippen molar-refractivity contribution >= 4 is 5.91 Å². The molecule has 2 aromatic heterocycles. The van der Waals surface area contributed by atoms with Gasteiger partial charge < -0.3 is 18.9 Å². The first-order chi connectivity index (χ1) is 14.0. The van der Waals surface area contributed by atoms with Crippen LogP contribution in [0.4, 0.5) is 4.39 Å². The monoisotopic (exact) mass is 398 g/mol. The van der Waals surface area contributed by atoms with Crippen molar-refractivity contribution in [1.82, 2.24) is 20.0 Å². The van der Waals surface area contributed by atoms with Crippen LogP contribution in [0, 0.1) is 0 Å². The number of methoxy groups -OCH3 is 2. The van der Waals surface area contributed by atoms with Gasteiger partial charge in [0.25, 0.3) is 11.8 Å². The summed E-state index contributed by atoms with van der Waals surface area (Å²) in [5, 5.41) is 3.88. The summed E-state index contributed by atoms with van der Waals surface area (Å²) in [6, 6.07) is 10.2. The molecule has 0 saturated carbocycles. The number of rotatable bonds is 5. The first-order valence-electron chi connectivity index (χ1n) is 8.99. The van der Waals surface area contributed by atoms with E-state index < -0.39 is 5.67 Å². The van der Waals surface area contributed by atoms with Crippen molar-refractivity contribution in [2.75, 3.05) is 27.3 Å². The summed E-state index contributed by atoms with van der Waals surface area (Å²) in [4.78, 5) is 22.3. The number of hydrogen-bond donors (Lipinski definition) is 0. The van der Waals surface area contributed by atoms with Crippen molar-refractivity contribution in [3.8, 4) is 23.0 Å². The van der Waals surface area contributed by atoms with Crippen LogP contribution in [-0.4, -0.2) is 53.2 Å². The largest absolute Gasteiger partial charge is 0.497 e. The van der Waals surface area contributed by atoms with Gasteiger partial charge in [-0.2, -0.15) is 4.98 Å². The zero-order valence-electron chi connectivity index (χ0n) is 16.0. The number of halogens is 1. The van der Waals surface area contributed by atoms with E-state index in [4.69, 9.17) is 14.0 Å². The van der Waals surface area contributed by atoms with Crippen LogP contribution in [0.15, 0.2) is 47.1 Å². The number of carbonyl (C=O) groups excluding carboxylic acids is 1. The molecule has 1 amide bonds. The van der Waals surface area contributed by atoms with E-state index in [1.165, 1.54) is 18.2 Å². The Bertz CT molecular complexity index is 1010. The van der Waals surface area contributed by atoms with Crippen LogP contribution < -0.4 is 9.47 Å². The maximum atomic E-state index is 15.5. The van der Waals surface area contributed by atoms with E-state index in [-0.39, 0.29) is 37.1 Å². The quantitative estimate of drug-likeness (QED) is 0.653. The van der Waals surface area contributed by atoms with E-state index in [2.05, 4.69) is 15.1 Å². The molecule has 4 rings (SSSR count). The van der Waals surface area contributed by atoms with Crippen molar-refractivity contribution in [1.29, 1.82) is 0 Å². The van der Waals surface area contributed by atoms with Crippen LogP contribution in [0.5, 0.6) is 11.6 Å². The molecule has 0 bridgehead atoms. The molecule has 0 radical (unpaired) electrons. The molecule has 0 N–H and O–H groups in total. The number of amides is 1. The number of ether oxygens (including phenoxy) is 2. The molecule has 9 heteroatoms. The summed E-state index contributed by atoms with van der Waals surface area (Å²) in [7, 11) is 3.07. The van der Waals surface area contributed by atoms with Gasteiger partial charge in [0.1, 0.15) is 5.75 Å². The lowest BCUT2D eigenvalue weighted by atomic mass is 10.1. The number of nitrogens with zero attached hydrogens (tertiary/aromatic N) is 4. The lowest BCUT2D eigenvalue weighted by molar-refractivity contribution is 0.0716. The van der Waals surface area contributed by atoms with Crippen molar-refractivity contribution < 1.29 is 23.2 Å². The van der Waals surface area contributed by atoms with Crippen molar-refractivity contribution in [3.63, 3.8) is 0 Å². The maximum absolute atomic E-state index is 15.5. The highest BCUT2D eigenvalue weighted by Gasteiger charge is 2.46. The standard InChI is InChI=1S/C20H19FN4O4/c1-27-15-6-3-13(4-7-15)17-23-19(29-24-17)20(21)9-10-25(12-20)18(26)14-5-8-16(28-2)22-11-14/h3-8,11H,9-10,12H2,1-2H3. The number of pyridine rings is 1. The lowest BCUT2D eigenvalue weighted by Gasteiger charge is -2.18. The number of carbonyl (C=O) groups is 1. The van der Waals surface area contributed by atoms with Crippen LogP contribution >= 0.6 is 0 Å². The average molecular weight is 398 g/mol. The second kappa shape index (κ2) is 7.50. The maximum Gasteiger partial charge on any atom is 0.266 e. The Morgan fingerprint density at radius 3 is 2.62 bits per heavy atom. The zero-order chi connectivity index (χ0) is 20.4. The van der Waals surface area contributed by atoms with Crippen molar-refractivity contribution in [2.24, 2.45) is 0 Å². The summed E-state index contributed by atoms with van der Waals surface area (Å²) in [5.41, 5.74) is -0.855. The van der Waals surface area contributed by atoms with Crippen LogP contribution in [0.25, 0.3) is 11.4 Å². The third kappa shape index (κ3) is 3.63. The topological polar surface area (TPSA) is 90.6 Å². The molecule has 1 fully saturated rings. The fourth-order valence-electron chi connectivity index (χ4n) is 3.19. The van der Waals surface area contributed by atoms with E-state index in [1.807, 2.05) is 0 Å². The fraction of sp³-hybridized carbons (Fsp3) is 0.300. The Hall–Kier alpha value is -3.49. The minimum Gasteiger partial charge on any atom is -0.497 e. The molecule has 1 saturated heterocycles. The van der Waals surface area contributed by atoms with Gasteiger partial charge in [-0.25, -0.2) is 9.37 Å². The molecule has 29 heavy (non-hydrogen) atoms. The highest BCUT2D eigenvalue weighted by molar-refractivity contribution is 5.94. The molecule has 1 aliphatic rings. The molecule has 1 aliphatic heterocycles. The molecule has 8 nitrogen and oxygen atoms in total. The Morgan fingerprint density at radius 2 is 1.97 bits per heavy atom. The van der Waals surface area contributed by atoms with Crippen molar-refractivity contribution in [3.05, 3.63) is 54.0 Å². The molecule has 0 aliphatic carbocycles. The van der Waals surface area contributed by atoms with Gasteiger partial charge in [0.15, 0.2) is 0 Å². The van der Waals surface area contributed by atoms with Gasteiger partial charge in [0, 0.05) is 30.8 Å². The summed E-state index contributed by atoms with van der Waals surface area (Å²) in [5.74, 6) is 0.932. The SMILES string of the molecule is COc1ccc(-c2noc(C3(F)CCN(C(=O)c4ccc(OC)nc4)C3)n2)cc1. The van der Waals surface area contributed by atoms with Gasteiger partial charge in [-0.3, -0.25) is 4.79 Å². The second-order valence-electron chi connectivity index (χ2n) is 6.68. The highest BCUT2D eigenvalue weighted by atomic mass is 19.1. The molecule has 0 spiro atoms. The second-order valence-corrected chi connectivity index (χ2v) is 6.68. The minimum atomic E-state index is -1.90. The van der Waals surface area contributed by atoms with Gasteiger partial charge >= 0.3 is 0 Å². The Balaban J connectivity index is 1.49. The van der Waals surface area contributed by atoms with Crippen LogP contribution in [-0.2, 0) is 5.67 Å². The fourth-order valence-corrected chi connectivity index (χ4v) is 3.19. The van der Waals surface area contributed by atoms with E-state index in [1.54, 1.807) is 43.5 Å². The molecule has 1 atom stereocenters. The van der Waals surface area contributed by atoms with Gasteiger partial charge in [-0.15, -0.1) is 0 Å². The van der Waals surface area contributed by atoms with E-state index in [0.29, 0.717) is 22.8 Å². The summed E-state index contributed by atoms with van der Waals surface area (Å²) < 4.78 is 30.8. The third-order valence-corrected chi connectivity index (χ3v) is 4.86. The van der Waals surface area contributed by atoms with Gasteiger partial charge in [-0.1, -0.05) is 5.16 Å². The lowest BCUT2D eigenvalue weighted by Crippen LogP contribution is -2.32. The summed E-state index contributed by atoms with van der Waals surface area (Å²) >= 11 is 0.